The van der Waals surface area contributed by atoms with E-state index in [-0.39, 0.29) is 19.3 Å². The van der Waals surface area contributed by atoms with Crippen molar-refractivity contribution in [1.29, 1.82) is 0 Å². The van der Waals surface area contributed by atoms with E-state index in [1.165, 1.54) is 0 Å². The van der Waals surface area contributed by atoms with E-state index in [0.29, 0.717) is 33.8 Å². The van der Waals surface area contributed by atoms with Crippen molar-refractivity contribution in [2.75, 3.05) is 13.2 Å². The topological polar surface area (TPSA) is 88.1 Å². The molecular weight excluding hydrogens is 544 g/mol. The molecule has 0 fully saturated rings. The first kappa shape index (κ1) is 28.0. The summed E-state index contributed by atoms with van der Waals surface area (Å²) in [6.45, 7) is 4.30. The largest absolute Gasteiger partial charge is 0.491 e. The van der Waals surface area contributed by atoms with Gasteiger partial charge in [0.2, 0.25) is 0 Å². The summed E-state index contributed by atoms with van der Waals surface area (Å²) in [4.78, 5) is 25.3. The van der Waals surface area contributed by atoms with Crippen molar-refractivity contribution in [2.24, 2.45) is 0 Å². The van der Waals surface area contributed by atoms with Gasteiger partial charge in [0.1, 0.15) is 42.0 Å². The molecule has 0 aliphatic rings. The summed E-state index contributed by atoms with van der Waals surface area (Å²) in [5.41, 5.74) is 2.68. The van der Waals surface area contributed by atoms with Crippen LogP contribution in [0.3, 0.4) is 0 Å². The first-order chi connectivity index (χ1) is 20.9. The molecule has 4 aromatic carbocycles. The summed E-state index contributed by atoms with van der Waals surface area (Å²) in [6, 6.07) is 33.3. The molecule has 2 heterocycles. The Morgan fingerprint density at radius 3 is 1.44 bits per heavy atom. The Kier molecular flexibility index (Phi) is 8.07. The zero-order valence-corrected chi connectivity index (χ0v) is 23.8. The lowest BCUT2D eigenvalue weighted by molar-refractivity contribution is -0.0391. The van der Waals surface area contributed by atoms with E-state index >= 15 is 0 Å². The predicted octanol–water partition coefficient (Wildman–Crippen LogP) is 7.48. The molecule has 0 saturated heterocycles. The van der Waals surface area contributed by atoms with Crippen molar-refractivity contribution in [1.82, 2.24) is 0 Å². The second-order valence-corrected chi connectivity index (χ2v) is 10.5. The minimum absolute atomic E-state index is 0.0609. The van der Waals surface area contributed by atoms with E-state index in [1.807, 2.05) is 111 Å². The number of ether oxygens (including phenoxy) is 3. The standard InChI is InChI=1S/C36H30O7/c1-23(2)41-30(21-39-28-15-13-26-17-31(24-9-5-3-6-10-24)35(37)42-33(26)19-28)22-40-29-16-14-27-18-32(25-11-7-4-8-12-25)36(38)43-34(27)20-29/h3-20,23,30H,21-22H2,1-2H3. The predicted molar refractivity (Wildman–Crippen MR) is 167 cm³/mol. The van der Waals surface area contributed by atoms with Crippen LogP contribution < -0.4 is 20.7 Å². The Labute approximate surface area is 247 Å². The molecule has 6 rings (SSSR count). The SMILES string of the molecule is CC(C)OC(COc1ccc2cc(-c3ccccc3)c(=O)oc2c1)COc1ccc2cc(-c3ccccc3)c(=O)oc2c1. The van der Waals surface area contributed by atoms with Gasteiger partial charge in [0.15, 0.2) is 0 Å². The molecule has 2 aromatic heterocycles. The number of fused-ring (bicyclic) bond motifs is 2. The molecular formula is C36H30O7. The molecule has 216 valence electrons. The highest BCUT2D eigenvalue weighted by atomic mass is 16.6. The maximum Gasteiger partial charge on any atom is 0.344 e. The van der Waals surface area contributed by atoms with Crippen molar-refractivity contribution in [3.8, 4) is 33.8 Å². The van der Waals surface area contributed by atoms with Crippen LogP contribution in [0.5, 0.6) is 11.5 Å². The fourth-order valence-electron chi connectivity index (χ4n) is 4.89. The molecule has 0 saturated carbocycles. The second-order valence-electron chi connectivity index (χ2n) is 10.5. The Balaban J connectivity index is 1.14. The van der Waals surface area contributed by atoms with Gasteiger partial charge in [-0.25, -0.2) is 9.59 Å². The Bertz CT molecular complexity index is 1830. The molecule has 7 nitrogen and oxygen atoms in total. The number of rotatable bonds is 10. The van der Waals surface area contributed by atoms with Crippen LogP contribution in [-0.2, 0) is 4.74 Å². The highest BCUT2D eigenvalue weighted by molar-refractivity contribution is 5.83. The van der Waals surface area contributed by atoms with Crippen molar-refractivity contribution in [3.05, 3.63) is 130 Å². The van der Waals surface area contributed by atoms with Gasteiger partial charge in [-0.15, -0.1) is 0 Å². The summed E-state index contributed by atoms with van der Waals surface area (Å²) in [5.74, 6) is 1.09. The van der Waals surface area contributed by atoms with Crippen molar-refractivity contribution >= 4 is 21.9 Å². The molecule has 0 N–H and O–H groups in total. The van der Waals surface area contributed by atoms with E-state index < -0.39 is 17.4 Å². The molecule has 0 spiro atoms. The lowest BCUT2D eigenvalue weighted by Gasteiger charge is -2.21. The molecule has 43 heavy (non-hydrogen) atoms. The molecule has 0 amide bonds. The number of hydrogen-bond acceptors (Lipinski definition) is 7. The lowest BCUT2D eigenvalue weighted by atomic mass is 10.1. The Hall–Kier alpha value is -5.14. The van der Waals surface area contributed by atoms with Gasteiger partial charge in [-0.05, 0) is 61.4 Å². The summed E-state index contributed by atoms with van der Waals surface area (Å²) >= 11 is 0. The van der Waals surface area contributed by atoms with Crippen molar-refractivity contribution in [2.45, 2.75) is 26.1 Å². The summed E-state index contributed by atoms with van der Waals surface area (Å²) in [5, 5.41) is 1.59. The maximum atomic E-state index is 12.7. The van der Waals surface area contributed by atoms with E-state index in [4.69, 9.17) is 23.0 Å². The van der Waals surface area contributed by atoms with Crippen LogP contribution in [0.4, 0.5) is 0 Å². The second kappa shape index (κ2) is 12.4. The van der Waals surface area contributed by atoms with Crippen molar-refractivity contribution < 1.29 is 23.0 Å². The van der Waals surface area contributed by atoms with E-state index in [9.17, 15) is 9.59 Å². The van der Waals surface area contributed by atoms with Crippen LogP contribution in [0.15, 0.2) is 128 Å². The molecule has 0 bridgehead atoms. The lowest BCUT2D eigenvalue weighted by Crippen LogP contribution is -2.31. The number of hydrogen-bond donors (Lipinski definition) is 0. The fourth-order valence-corrected chi connectivity index (χ4v) is 4.89. The third-order valence-electron chi connectivity index (χ3n) is 6.92. The Morgan fingerprint density at radius 1 is 0.581 bits per heavy atom. The van der Waals surface area contributed by atoms with Gasteiger partial charge in [0.25, 0.3) is 0 Å². The summed E-state index contributed by atoms with van der Waals surface area (Å²) in [6.07, 6.45) is -0.458. The van der Waals surface area contributed by atoms with Crippen LogP contribution in [0.2, 0.25) is 0 Å². The molecule has 7 heteroatoms. The molecule has 0 aliphatic carbocycles. The highest BCUT2D eigenvalue weighted by Crippen LogP contribution is 2.26. The minimum Gasteiger partial charge on any atom is -0.491 e. The van der Waals surface area contributed by atoms with Gasteiger partial charge in [0, 0.05) is 22.9 Å². The molecule has 0 atom stereocenters. The molecule has 0 unspecified atom stereocenters. The van der Waals surface area contributed by atoms with Gasteiger partial charge >= 0.3 is 11.3 Å². The third-order valence-corrected chi connectivity index (χ3v) is 6.92. The minimum atomic E-state index is -0.409. The third kappa shape index (κ3) is 6.52. The monoisotopic (exact) mass is 574 g/mol. The van der Waals surface area contributed by atoms with Crippen LogP contribution in [0.1, 0.15) is 13.8 Å². The van der Waals surface area contributed by atoms with Crippen LogP contribution in [0.25, 0.3) is 44.2 Å². The first-order valence-corrected chi connectivity index (χ1v) is 14.1. The zero-order chi connectivity index (χ0) is 29.8. The van der Waals surface area contributed by atoms with Gasteiger partial charge in [0.05, 0.1) is 17.2 Å². The summed E-state index contributed by atoms with van der Waals surface area (Å²) < 4.78 is 29.3. The van der Waals surface area contributed by atoms with Gasteiger partial charge in [-0.3, -0.25) is 0 Å². The maximum absolute atomic E-state index is 12.7. The van der Waals surface area contributed by atoms with E-state index in [0.717, 1.165) is 21.9 Å². The van der Waals surface area contributed by atoms with Gasteiger partial charge < -0.3 is 23.0 Å². The average Bonchev–Trinajstić information content (AvgIpc) is 3.02. The summed E-state index contributed by atoms with van der Waals surface area (Å²) in [7, 11) is 0. The quantitative estimate of drug-likeness (QED) is 0.157. The highest BCUT2D eigenvalue weighted by Gasteiger charge is 2.16. The van der Waals surface area contributed by atoms with E-state index in [1.54, 1.807) is 12.1 Å². The van der Waals surface area contributed by atoms with E-state index in [2.05, 4.69) is 0 Å². The van der Waals surface area contributed by atoms with Crippen LogP contribution in [-0.4, -0.2) is 25.4 Å². The number of benzene rings is 4. The molecule has 0 radical (unpaired) electrons. The van der Waals surface area contributed by atoms with Crippen molar-refractivity contribution in [3.63, 3.8) is 0 Å². The smallest absolute Gasteiger partial charge is 0.344 e. The van der Waals surface area contributed by atoms with Crippen LogP contribution >= 0.6 is 0 Å². The molecule has 6 aromatic rings. The van der Waals surface area contributed by atoms with Crippen LogP contribution in [0, 0.1) is 0 Å². The first-order valence-electron chi connectivity index (χ1n) is 14.1. The molecule has 0 aliphatic heterocycles. The Morgan fingerprint density at radius 2 is 1.02 bits per heavy atom. The van der Waals surface area contributed by atoms with Gasteiger partial charge in [-0.1, -0.05) is 60.7 Å². The fraction of sp³-hybridized carbons (Fsp3) is 0.167. The average molecular weight is 575 g/mol. The normalized spacial score (nSPS) is 11.4. The zero-order valence-electron chi connectivity index (χ0n) is 23.8. The van der Waals surface area contributed by atoms with Gasteiger partial charge in [-0.2, -0.15) is 0 Å².